The highest BCUT2D eigenvalue weighted by Crippen LogP contribution is 2.25. The van der Waals surface area contributed by atoms with Crippen molar-refractivity contribution in [1.29, 1.82) is 5.26 Å². The van der Waals surface area contributed by atoms with E-state index >= 15 is 0 Å². The third-order valence-corrected chi connectivity index (χ3v) is 2.70. The minimum Gasteiger partial charge on any atom is -0.497 e. The SMILES string of the molecule is COc1ccc(Nc2ccc([N+](=O)[O-])cc2C#N)cc1. The second kappa shape index (κ2) is 5.71. The van der Waals surface area contributed by atoms with Crippen LogP contribution in [0.4, 0.5) is 17.1 Å². The molecule has 0 amide bonds. The van der Waals surface area contributed by atoms with Crippen molar-refractivity contribution in [3.05, 3.63) is 58.1 Å². The first-order valence-corrected chi connectivity index (χ1v) is 5.73. The molecule has 6 nitrogen and oxygen atoms in total. The average Bonchev–Trinajstić information content (AvgIpc) is 2.48. The van der Waals surface area contributed by atoms with Crippen LogP contribution < -0.4 is 10.1 Å². The Kier molecular flexibility index (Phi) is 3.82. The van der Waals surface area contributed by atoms with E-state index in [0.29, 0.717) is 5.69 Å². The van der Waals surface area contributed by atoms with Crippen LogP contribution in [0.15, 0.2) is 42.5 Å². The van der Waals surface area contributed by atoms with Gasteiger partial charge in [0.15, 0.2) is 0 Å². The highest BCUT2D eigenvalue weighted by atomic mass is 16.6. The Labute approximate surface area is 115 Å². The number of non-ortho nitro benzene ring substituents is 1. The van der Waals surface area contributed by atoms with Gasteiger partial charge in [-0.2, -0.15) is 5.26 Å². The molecular weight excluding hydrogens is 258 g/mol. The molecule has 0 aliphatic carbocycles. The topological polar surface area (TPSA) is 88.2 Å². The molecule has 0 radical (unpaired) electrons. The molecule has 6 heteroatoms. The lowest BCUT2D eigenvalue weighted by atomic mass is 10.1. The van der Waals surface area contributed by atoms with Gasteiger partial charge in [0.2, 0.25) is 0 Å². The zero-order valence-corrected chi connectivity index (χ0v) is 10.7. The standard InChI is InChI=1S/C14H11N3O3/c1-20-13-5-2-11(3-6-13)16-14-7-4-12(17(18)19)8-10(14)9-15/h2-8,16H,1H3. The van der Waals surface area contributed by atoms with Gasteiger partial charge in [-0.3, -0.25) is 10.1 Å². The predicted molar refractivity (Wildman–Crippen MR) is 74.1 cm³/mol. The van der Waals surface area contributed by atoms with E-state index in [1.165, 1.54) is 18.2 Å². The molecule has 100 valence electrons. The highest BCUT2D eigenvalue weighted by Gasteiger charge is 2.10. The second-order valence-electron chi connectivity index (χ2n) is 3.95. The lowest BCUT2D eigenvalue weighted by molar-refractivity contribution is -0.384. The summed E-state index contributed by atoms with van der Waals surface area (Å²) in [5.74, 6) is 0.722. The summed E-state index contributed by atoms with van der Waals surface area (Å²) < 4.78 is 5.05. The Bertz CT molecular complexity index is 675. The predicted octanol–water partition coefficient (Wildman–Crippen LogP) is 3.22. The Balaban J connectivity index is 2.28. The first kappa shape index (κ1) is 13.4. The number of nitrogens with one attached hydrogen (secondary N) is 1. The van der Waals surface area contributed by atoms with Crippen LogP contribution in [-0.4, -0.2) is 12.0 Å². The smallest absolute Gasteiger partial charge is 0.270 e. The first-order valence-electron chi connectivity index (χ1n) is 5.73. The molecule has 20 heavy (non-hydrogen) atoms. The van der Waals surface area contributed by atoms with Gasteiger partial charge in [0.1, 0.15) is 11.8 Å². The van der Waals surface area contributed by atoms with Gasteiger partial charge < -0.3 is 10.1 Å². The van der Waals surface area contributed by atoms with E-state index in [9.17, 15) is 10.1 Å². The van der Waals surface area contributed by atoms with Crippen molar-refractivity contribution in [2.24, 2.45) is 0 Å². The third kappa shape index (κ3) is 2.84. The minimum absolute atomic E-state index is 0.109. The molecule has 2 aromatic carbocycles. The molecule has 0 atom stereocenters. The number of rotatable bonds is 4. The normalized spacial score (nSPS) is 9.60. The summed E-state index contributed by atoms with van der Waals surface area (Å²) in [6.07, 6.45) is 0. The quantitative estimate of drug-likeness (QED) is 0.680. The second-order valence-corrected chi connectivity index (χ2v) is 3.95. The number of nitrogens with zero attached hydrogens (tertiary/aromatic N) is 2. The van der Waals surface area contributed by atoms with Crippen molar-refractivity contribution in [2.75, 3.05) is 12.4 Å². The van der Waals surface area contributed by atoms with Crippen LogP contribution >= 0.6 is 0 Å². The molecule has 1 N–H and O–H groups in total. The van der Waals surface area contributed by atoms with Crippen LogP contribution in [-0.2, 0) is 0 Å². The number of benzene rings is 2. The summed E-state index contributed by atoms with van der Waals surface area (Å²) in [6, 6.07) is 13.2. The maximum Gasteiger partial charge on any atom is 0.270 e. The van der Waals surface area contributed by atoms with Gasteiger partial charge in [-0.05, 0) is 30.3 Å². The van der Waals surface area contributed by atoms with Crippen LogP contribution in [0.25, 0.3) is 0 Å². The molecule has 0 aromatic heterocycles. The summed E-state index contributed by atoms with van der Waals surface area (Å²) in [6.45, 7) is 0. The third-order valence-electron chi connectivity index (χ3n) is 2.70. The van der Waals surface area contributed by atoms with Crippen molar-refractivity contribution in [3.63, 3.8) is 0 Å². The van der Waals surface area contributed by atoms with Crippen molar-refractivity contribution >= 4 is 17.1 Å². The largest absolute Gasteiger partial charge is 0.497 e. The van der Waals surface area contributed by atoms with E-state index in [1.807, 2.05) is 6.07 Å². The van der Waals surface area contributed by atoms with Crippen molar-refractivity contribution in [1.82, 2.24) is 0 Å². The first-order chi connectivity index (χ1) is 9.63. The zero-order valence-electron chi connectivity index (χ0n) is 10.7. The van der Waals surface area contributed by atoms with Gasteiger partial charge in [0.25, 0.3) is 5.69 Å². The Morgan fingerprint density at radius 2 is 1.95 bits per heavy atom. The number of hydrogen-bond donors (Lipinski definition) is 1. The van der Waals surface area contributed by atoms with E-state index < -0.39 is 4.92 Å². The number of anilines is 2. The molecule has 0 saturated carbocycles. The molecule has 0 unspecified atom stereocenters. The maximum absolute atomic E-state index is 10.7. The molecule has 0 saturated heterocycles. The molecule has 0 aliphatic heterocycles. The summed E-state index contributed by atoms with van der Waals surface area (Å²) in [4.78, 5) is 10.1. The van der Waals surface area contributed by atoms with E-state index in [2.05, 4.69) is 5.32 Å². The van der Waals surface area contributed by atoms with Gasteiger partial charge >= 0.3 is 0 Å². The van der Waals surface area contributed by atoms with Gasteiger partial charge in [-0.25, -0.2) is 0 Å². The minimum atomic E-state index is -0.530. The Hall–Kier alpha value is -3.07. The fourth-order valence-electron chi connectivity index (χ4n) is 1.68. The van der Waals surface area contributed by atoms with E-state index in [-0.39, 0.29) is 11.3 Å². The maximum atomic E-state index is 10.7. The fourth-order valence-corrected chi connectivity index (χ4v) is 1.68. The number of hydrogen-bond acceptors (Lipinski definition) is 5. The summed E-state index contributed by atoms with van der Waals surface area (Å²) in [7, 11) is 1.58. The van der Waals surface area contributed by atoms with Gasteiger partial charge in [-0.15, -0.1) is 0 Å². The lowest BCUT2D eigenvalue weighted by Gasteiger charge is -2.08. The number of methoxy groups -OCH3 is 1. The Morgan fingerprint density at radius 1 is 1.25 bits per heavy atom. The number of nitro benzene ring substituents is 1. The van der Waals surface area contributed by atoms with Crippen LogP contribution in [0.1, 0.15) is 5.56 Å². The van der Waals surface area contributed by atoms with E-state index in [1.54, 1.807) is 31.4 Å². The fraction of sp³-hybridized carbons (Fsp3) is 0.0714. The van der Waals surface area contributed by atoms with Gasteiger partial charge in [-0.1, -0.05) is 0 Å². The van der Waals surface area contributed by atoms with Gasteiger partial charge in [0, 0.05) is 17.8 Å². The molecular formula is C14H11N3O3. The van der Waals surface area contributed by atoms with Gasteiger partial charge in [0.05, 0.1) is 23.3 Å². The summed E-state index contributed by atoms with van der Waals surface area (Å²) >= 11 is 0. The number of nitro groups is 1. The molecule has 0 aliphatic rings. The highest BCUT2D eigenvalue weighted by molar-refractivity contribution is 5.68. The number of nitriles is 1. The zero-order chi connectivity index (χ0) is 14.5. The summed E-state index contributed by atoms with van der Waals surface area (Å²) in [5.41, 5.74) is 1.39. The van der Waals surface area contributed by atoms with Crippen LogP contribution in [0.3, 0.4) is 0 Å². The van der Waals surface area contributed by atoms with E-state index in [0.717, 1.165) is 11.4 Å². The van der Waals surface area contributed by atoms with Crippen molar-refractivity contribution in [2.45, 2.75) is 0 Å². The van der Waals surface area contributed by atoms with Crippen molar-refractivity contribution in [3.8, 4) is 11.8 Å². The lowest BCUT2D eigenvalue weighted by Crippen LogP contribution is -1.96. The molecule has 0 spiro atoms. The molecule has 2 aromatic rings. The van der Waals surface area contributed by atoms with Crippen molar-refractivity contribution < 1.29 is 9.66 Å². The molecule has 0 bridgehead atoms. The van der Waals surface area contributed by atoms with Crippen LogP contribution in [0, 0.1) is 21.4 Å². The van der Waals surface area contributed by atoms with Crippen LogP contribution in [0.2, 0.25) is 0 Å². The average molecular weight is 269 g/mol. The monoisotopic (exact) mass is 269 g/mol. The molecule has 0 heterocycles. The molecule has 0 fully saturated rings. The molecule has 2 rings (SSSR count). The van der Waals surface area contributed by atoms with Crippen LogP contribution in [0.5, 0.6) is 5.75 Å². The Morgan fingerprint density at radius 3 is 2.50 bits per heavy atom. The van der Waals surface area contributed by atoms with E-state index in [4.69, 9.17) is 10.00 Å². The number of ether oxygens (including phenoxy) is 1. The summed E-state index contributed by atoms with van der Waals surface area (Å²) in [5, 5.41) is 22.8.